The van der Waals surface area contributed by atoms with Crippen molar-refractivity contribution in [3.05, 3.63) is 40.8 Å². The second kappa shape index (κ2) is 11.3. The summed E-state index contributed by atoms with van der Waals surface area (Å²) in [7, 11) is 1.22. The first-order chi connectivity index (χ1) is 18.5. The highest BCUT2D eigenvalue weighted by Crippen LogP contribution is 2.44. The summed E-state index contributed by atoms with van der Waals surface area (Å²) in [6.45, 7) is 3.64. The number of fused-ring (bicyclic) bond motifs is 1. The third-order valence-electron chi connectivity index (χ3n) is 5.40. The Morgan fingerprint density at radius 2 is 2.23 bits per heavy atom. The number of carbonyl (C=O) groups is 3. The average molecular weight is 605 g/mol. The number of thiazole rings is 1. The van der Waals surface area contributed by atoms with E-state index in [1.807, 2.05) is 5.10 Å². The number of hydrogen-bond acceptors (Lipinski definition) is 12. The van der Waals surface area contributed by atoms with Crippen LogP contribution in [-0.2, 0) is 25.4 Å². The van der Waals surface area contributed by atoms with Crippen molar-refractivity contribution >= 4 is 63.5 Å². The van der Waals surface area contributed by atoms with Crippen LogP contribution in [0.4, 0.5) is 18.3 Å². The van der Waals surface area contributed by atoms with Gasteiger partial charge >= 0.3 is 12.1 Å². The van der Waals surface area contributed by atoms with Crippen molar-refractivity contribution < 1.29 is 37.5 Å². The molecule has 4 heterocycles. The minimum Gasteiger partial charge on any atom is -0.477 e. The number of hydrogen-bond donors (Lipinski definition) is 4. The lowest BCUT2D eigenvalue weighted by Crippen LogP contribution is -2.71. The van der Waals surface area contributed by atoms with Crippen molar-refractivity contribution in [2.45, 2.75) is 34.4 Å². The molecule has 2 amide bonds. The third kappa shape index (κ3) is 5.74. The Bertz CT molecular complexity index is 1370. The highest BCUT2D eigenvalue weighted by atomic mass is 32.2. The molecule has 208 valence electrons. The number of carboxylic acids is 1. The Morgan fingerprint density at radius 1 is 1.49 bits per heavy atom. The summed E-state index contributed by atoms with van der Waals surface area (Å²) >= 11 is 3.07. The van der Waals surface area contributed by atoms with Crippen molar-refractivity contribution in [2.24, 2.45) is 5.16 Å². The van der Waals surface area contributed by atoms with Crippen molar-refractivity contribution in [1.29, 1.82) is 0 Å². The quantitative estimate of drug-likeness (QED) is 0.102. The number of nitrogen functional groups attached to an aromatic ring is 1. The molecule has 2 aliphatic heterocycles. The summed E-state index contributed by atoms with van der Waals surface area (Å²) in [6.07, 6.45) is -3.10. The fourth-order valence-corrected chi connectivity index (χ4v) is 6.90. The minimum absolute atomic E-state index is 0.103. The lowest BCUT2D eigenvalue weighted by atomic mass is 10.00. The van der Waals surface area contributed by atoms with Gasteiger partial charge in [0.25, 0.3) is 11.8 Å². The Balaban J connectivity index is 1.56. The number of halogens is 3. The number of carbonyl (C=O) groups excluding carboxylic acids is 2. The fraction of sp³-hybridized carbons (Fsp3) is 0.350. The standard InChI is InChI=1S/C20H19F3N8O5S3/c1-3-4-9(39-19-27-17(28-29-19)20(21,22)23)7-5-37-15-11(14(33)31(15)12(7)16(34)35)26-13(32)10(30-36-2)8-6-38-18(24)25-8/h3,6,9,11,15H,1,4-5H2,2H3,(H2,24,25)(H,26,32)(H,34,35)(H,27,28,29)/t9?,11-,15+/m1/s1. The van der Waals surface area contributed by atoms with Gasteiger partial charge in [0.1, 0.15) is 29.9 Å². The summed E-state index contributed by atoms with van der Waals surface area (Å²) < 4.78 is 38.8. The van der Waals surface area contributed by atoms with Crippen LogP contribution in [0.3, 0.4) is 0 Å². The number of H-pyrrole nitrogens is 1. The fourth-order valence-electron chi connectivity index (χ4n) is 3.76. The van der Waals surface area contributed by atoms with Crippen LogP contribution >= 0.6 is 34.9 Å². The molecular formula is C20H19F3N8O5S3. The zero-order chi connectivity index (χ0) is 28.5. The van der Waals surface area contributed by atoms with Gasteiger partial charge in [0, 0.05) is 16.4 Å². The highest BCUT2D eigenvalue weighted by Gasteiger charge is 2.55. The Labute approximate surface area is 230 Å². The lowest BCUT2D eigenvalue weighted by Gasteiger charge is -2.50. The maximum Gasteiger partial charge on any atom is 0.451 e. The van der Waals surface area contributed by atoms with Crippen LogP contribution in [0.25, 0.3) is 0 Å². The number of aromatic amines is 1. The number of aliphatic carboxylic acids is 1. The van der Waals surface area contributed by atoms with E-state index in [1.54, 1.807) is 0 Å². The van der Waals surface area contributed by atoms with E-state index in [1.165, 1.54) is 30.3 Å². The number of allylic oxidation sites excluding steroid dienone is 1. The van der Waals surface area contributed by atoms with Gasteiger partial charge in [0.15, 0.2) is 10.8 Å². The van der Waals surface area contributed by atoms with Gasteiger partial charge in [-0.1, -0.05) is 23.0 Å². The molecule has 0 spiro atoms. The summed E-state index contributed by atoms with van der Waals surface area (Å²) in [5.74, 6) is -4.07. The minimum atomic E-state index is -4.73. The van der Waals surface area contributed by atoms with Gasteiger partial charge in [0.2, 0.25) is 11.0 Å². The van der Waals surface area contributed by atoms with E-state index in [9.17, 15) is 32.7 Å². The van der Waals surface area contributed by atoms with E-state index in [2.05, 4.69) is 32.1 Å². The van der Waals surface area contributed by atoms with E-state index in [4.69, 9.17) is 10.6 Å². The number of nitrogens with two attached hydrogens (primary N) is 1. The number of β-lactam (4-membered cyclic amide) rings is 1. The number of oxime groups is 1. The van der Waals surface area contributed by atoms with E-state index in [-0.39, 0.29) is 45.1 Å². The van der Waals surface area contributed by atoms with Crippen LogP contribution < -0.4 is 11.1 Å². The third-order valence-corrected chi connectivity index (χ3v) is 8.53. The summed E-state index contributed by atoms with van der Waals surface area (Å²) in [4.78, 5) is 51.4. The number of nitrogens with zero attached hydrogens (tertiary/aromatic N) is 5. The molecule has 5 N–H and O–H groups in total. The molecule has 0 aromatic carbocycles. The van der Waals surface area contributed by atoms with Gasteiger partial charge in [0.05, 0.1) is 0 Å². The molecule has 1 fully saturated rings. The lowest BCUT2D eigenvalue weighted by molar-refractivity contribution is -0.150. The van der Waals surface area contributed by atoms with Gasteiger partial charge in [-0.3, -0.25) is 19.6 Å². The van der Waals surface area contributed by atoms with Crippen LogP contribution in [0.15, 0.2) is 39.6 Å². The van der Waals surface area contributed by atoms with E-state index < -0.39 is 46.5 Å². The van der Waals surface area contributed by atoms with Crippen LogP contribution in [0.2, 0.25) is 0 Å². The summed E-state index contributed by atoms with van der Waals surface area (Å²) in [5.41, 5.74) is 5.49. The molecule has 4 rings (SSSR count). The van der Waals surface area contributed by atoms with Gasteiger partial charge in [-0.25, -0.2) is 9.78 Å². The maximum absolute atomic E-state index is 13.1. The predicted molar refractivity (Wildman–Crippen MR) is 136 cm³/mol. The van der Waals surface area contributed by atoms with Gasteiger partial charge in [-0.15, -0.1) is 34.8 Å². The Hall–Kier alpha value is -3.58. The van der Waals surface area contributed by atoms with Crippen LogP contribution in [-0.4, -0.2) is 83.2 Å². The van der Waals surface area contributed by atoms with Gasteiger partial charge < -0.3 is 21.0 Å². The van der Waals surface area contributed by atoms with Crippen LogP contribution in [0.1, 0.15) is 17.9 Å². The predicted octanol–water partition coefficient (Wildman–Crippen LogP) is 1.69. The molecule has 13 nitrogen and oxygen atoms in total. The van der Waals surface area contributed by atoms with Gasteiger partial charge in [-0.05, 0) is 12.0 Å². The van der Waals surface area contributed by atoms with Crippen LogP contribution in [0.5, 0.6) is 0 Å². The van der Waals surface area contributed by atoms with E-state index in [0.29, 0.717) is 0 Å². The second-order valence-corrected chi connectivity index (χ2v) is 11.0. The first-order valence-electron chi connectivity index (χ1n) is 10.8. The van der Waals surface area contributed by atoms with E-state index in [0.717, 1.165) is 28.0 Å². The smallest absolute Gasteiger partial charge is 0.451 e. The molecule has 1 unspecified atom stereocenters. The van der Waals surface area contributed by atoms with E-state index >= 15 is 0 Å². The molecule has 2 aliphatic rings. The number of amides is 2. The number of thioether (sulfide) groups is 2. The molecule has 2 aromatic heterocycles. The maximum atomic E-state index is 13.1. The molecular weight excluding hydrogens is 585 g/mol. The SMILES string of the molecule is C=CCC(Sc1n[nH]c(C(F)(F)F)n1)C1=C(C(=O)O)N2C(=O)[C@@H](NC(=O)C(=NOC)c3csc(N)n3)[C@@H]2SC1. The Morgan fingerprint density at radius 3 is 2.79 bits per heavy atom. The molecule has 0 saturated carbocycles. The zero-order valence-corrected chi connectivity index (χ0v) is 22.2. The molecule has 2 aromatic rings. The molecule has 1 saturated heterocycles. The second-order valence-electron chi connectivity index (χ2n) is 7.83. The van der Waals surface area contributed by atoms with Crippen molar-refractivity contribution in [1.82, 2.24) is 30.4 Å². The number of nitrogens with one attached hydrogen (secondary N) is 2. The molecule has 19 heteroatoms. The summed E-state index contributed by atoms with van der Waals surface area (Å²) in [6, 6.07) is -1.08. The van der Waals surface area contributed by atoms with Crippen molar-refractivity contribution in [3.8, 4) is 0 Å². The van der Waals surface area contributed by atoms with Crippen molar-refractivity contribution in [2.75, 3.05) is 18.6 Å². The number of rotatable bonds is 10. The monoisotopic (exact) mass is 604 g/mol. The number of aromatic nitrogens is 4. The topological polar surface area (TPSA) is 189 Å². The normalized spacial score (nSPS) is 20.3. The molecule has 3 atom stereocenters. The molecule has 39 heavy (non-hydrogen) atoms. The first kappa shape index (κ1) is 28.4. The average Bonchev–Trinajstić information content (AvgIpc) is 3.53. The Kier molecular flexibility index (Phi) is 8.21. The van der Waals surface area contributed by atoms with Gasteiger partial charge in [-0.2, -0.15) is 18.2 Å². The number of carboxylic acid groups (broad SMARTS) is 1. The number of anilines is 1. The zero-order valence-electron chi connectivity index (χ0n) is 19.8. The highest BCUT2D eigenvalue weighted by molar-refractivity contribution is 8.01. The molecule has 0 aliphatic carbocycles. The molecule has 0 radical (unpaired) electrons. The summed E-state index contributed by atoms with van der Waals surface area (Å²) in [5, 5.41) is 21.5. The molecule has 0 bridgehead atoms. The largest absolute Gasteiger partial charge is 0.477 e. The van der Waals surface area contributed by atoms with Crippen LogP contribution in [0, 0.1) is 0 Å². The van der Waals surface area contributed by atoms with Crippen molar-refractivity contribution in [3.63, 3.8) is 0 Å². The number of alkyl halides is 3. The first-order valence-corrected chi connectivity index (χ1v) is 13.6.